The summed E-state index contributed by atoms with van der Waals surface area (Å²) in [5.41, 5.74) is 1.39. The maximum Gasteiger partial charge on any atom is 0.124 e. The molecule has 0 amide bonds. The van der Waals surface area contributed by atoms with Gasteiger partial charge in [-0.1, -0.05) is 45.4 Å². The van der Waals surface area contributed by atoms with Crippen LogP contribution in [0.15, 0.2) is 24.3 Å². The topological polar surface area (TPSA) is 21.3 Å². The molecule has 2 nitrogen and oxygen atoms in total. The summed E-state index contributed by atoms with van der Waals surface area (Å²) in [6, 6.07) is 9.07. The Morgan fingerprint density at radius 3 is 2.90 bits per heavy atom. The predicted octanol–water partition coefficient (Wildman–Crippen LogP) is 4.70. The number of rotatable bonds is 3. The molecule has 4 atom stereocenters. The van der Waals surface area contributed by atoms with Crippen molar-refractivity contribution in [3.63, 3.8) is 0 Å². The van der Waals surface area contributed by atoms with Gasteiger partial charge in [0.15, 0.2) is 0 Å². The molecule has 0 bridgehead atoms. The van der Waals surface area contributed by atoms with Crippen LogP contribution in [0, 0.1) is 11.8 Å². The molecule has 4 unspecified atom stereocenters. The number of benzene rings is 1. The first kappa shape index (κ1) is 14.9. The Bertz CT molecular complexity index is 486. The van der Waals surface area contributed by atoms with Crippen molar-refractivity contribution < 1.29 is 4.74 Å². The molecule has 1 heterocycles. The third-order valence-electron chi connectivity index (χ3n) is 5.74. The molecule has 3 rings (SSSR count). The van der Waals surface area contributed by atoms with Gasteiger partial charge in [-0.25, -0.2) is 0 Å². The van der Waals surface area contributed by atoms with Crippen LogP contribution in [0.5, 0.6) is 5.75 Å². The summed E-state index contributed by atoms with van der Waals surface area (Å²) in [7, 11) is 0. The Morgan fingerprint density at radius 1 is 1.29 bits per heavy atom. The highest BCUT2D eigenvalue weighted by Crippen LogP contribution is 2.50. The highest BCUT2D eigenvalue weighted by atomic mass is 16.5. The first-order valence-electron chi connectivity index (χ1n) is 8.67. The number of ether oxygens (including phenoxy) is 1. The van der Waals surface area contributed by atoms with Crippen molar-refractivity contribution in [2.24, 2.45) is 11.8 Å². The molecule has 2 heteroatoms. The molecule has 0 radical (unpaired) electrons. The van der Waals surface area contributed by atoms with Gasteiger partial charge in [-0.2, -0.15) is 0 Å². The van der Waals surface area contributed by atoms with E-state index in [9.17, 15) is 0 Å². The lowest BCUT2D eigenvalue weighted by Gasteiger charge is -2.50. The molecular formula is C19H29NO. The van der Waals surface area contributed by atoms with Crippen molar-refractivity contribution in [2.45, 2.75) is 64.5 Å². The molecule has 116 valence electrons. The first-order chi connectivity index (χ1) is 10.2. The van der Waals surface area contributed by atoms with Gasteiger partial charge in [-0.3, -0.25) is 0 Å². The van der Waals surface area contributed by atoms with Crippen LogP contribution in [0.2, 0.25) is 0 Å². The third kappa shape index (κ3) is 2.70. The normalized spacial score (nSPS) is 35.3. The van der Waals surface area contributed by atoms with Gasteiger partial charge >= 0.3 is 0 Å². The number of nitrogens with one attached hydrogen (secondary N) is 1. The summed E-state index contributed by atoms with van der Waals surface area (Å²) in [6.45, 7) is 8.11. The SMILES string of the molecule is CCCNC1CC2(CCCC(C)C2C)Oc2ccccc21. The lowest BCUT2D eigenvalue weighted by atomic mass is 9.66. The molecule has 1 aliphatic carbocycles. The summed E-state index contributed by atoms with van der Waals surface area (Å²) in [5.74, 6) is 2.50. The first-order valence-corrected chi connectivity index (χ1v) is 8.67. The summed E-state index contributed by atoms with van der Waals surface area (Å²) >= 11 is 0. The smallest absolute Gasteiger partial charge is 0.124 e. The van der Waals surface area contributed by atoms with Crippen molar-refractivity contribution in [1.82, 2.24) is 5.32 Å². The minimum absolute atomic E-state index is 0.0391. The van der Waals surface area contributed by atoms with Gasteiger partial charge in [-0.15, -0.1) is 0 Å². The second-order valence-corrected chi connectivity index (χ2v) is 7.07. The molecule has 1 N–H and O–H groups in total. The fourth-order valence-electron chi connectivity index (χ4n) is 4.23. The fraction of sp³-hybridized carbons (Fsp3) is 0.684. The largest absolute Gasteiger partial charge is 0.487 e. The van der Waals surface area contributed by atoms with Crippen LogP contribution in [0.4, 0.5) is 0 Å². The van der Waals surface area contributed by atoms with E-state index in [0.717, 1.165) is 24.6 Å². The predicted molar refractivity (Wildman–Crippen MR) is 87.6 cm³/mol. The number of para-hydroxylation sites is 1. The Balaban J connectivity index is 1.92. The van der Waals surface area contributed by atoms with E-state index < -0.39 is 0 Å². The molecule has 0 aromatic heterocycles. The number of fused-ring (bicyclic) bond motifs is 1. The second-order valence-electron chi connectivity index (χ2n) is 7.07. The molecule has 1 aromatic carbocycles. The van der Waals surface area contributed by atoms with Gasteiger partial charge in [-0.05, 0) is 43.7 Å². The average molecular weight is 287 g/mol. The molecule has 1 spiro atoms. The standard InChI is InChI=1S/C19H29NO/c1-4-12-20-17-13-19(11-7-8-14(2)15(19)3)21-18-10-6-5-9-16(17)18/h5-6,9-10,14-15,17,20H,4,7-8,11-13H2,1-3H3. The maximum atomic E-state index is 6.61. The Hall–Kier alpha value is -1.02. The maximum absolute atomic E-state index is 6.61. The van der Waals surface area contributed by atoms with E-state index >= 15 is 0 Å². The van der Waals surface area contributed by atoms with Crippen molar-refractivity contribution >= 4 is 0 Å². The van der Waals surface area contributed by atoms with Crippen LogP contribution in [-0.2, 0) is 0 Å². The van der Waals surface area contributed by atoms with E-state index in [-0.39, 0.29) is 5.60 Å². The Morgan fingerprint density at radius 2 is 2.10 bits per heavy atom. The molecule has 1 aromatic rings. The molecule has 1 aliphatic heterocycles. The summed E-state index contributed by atoms with van der Waals surface area (Å²) in [6.07, 6.45) is 6.15. The summed E-state index contributed by atoms with van der Waals surface area (Å²) < 4.78 is 6.61. The fourth-order valence-corrected chi connectivity index (χ4v) is 4.23. The molecular weight excluding hydrogens is 258 g/mol. The Labute approximate surface area is 129 Å². The minimum Gasteiger partial charge on any atom is -0.487 e. The Kier molecular flexibility index (Phi) is 4.26. The molecule has 1 saturated carbocycles. The van der Waals surface area contributed by atoms with Crippen LogP contribution in [0.25, 0.3) is 0 Å². The minimum atomic E-state index is 0.0391. The highest BCUT2D eigenvalue weighted by Gasteiger charge is 2.48. The summed E-state index contributed by atoms with van der Waals surface area (Å²) in [4.78, 5) is 0. The van der Waals surface area contributed by atoms with Crippen LogP contribution < -0.4 is 10.1 Å². The third-order valence-corrected chi connectivity index (χ3v) is 5.74. The van der Waals surface area contributed by atoms with Crippen molar-refractivity contribution in [2.75, 3.05) is 6.54 Å². The molecule has 0 saturated heterocycles. The van der Waals surface area contributed by atoms with Gasteiger partial charge in [0.25, 0.3) is 0 Å². The van der Waals surface area contributed by atoms with Crippen LogP contribution >= 0.6 is 0 Å². The quantitative estimate of drug-likeness (QED) is 0.869. The highest BCUT2D eigenvalue weighted by molar-refractivity contribution is 5.39. The van der Waals surface area contributed by atoms with Gasteiger partial charge in [0, 0.05) is 18.0 Å². The summed E-state index contributed by atoms with van der Waals surface area (Å²) in [5, 5.41) is 3.75. The molecule has 21 heavy (non-hydrogen) atoms. The lowest BCUT2D eigenvalue weighted by molar-refractivity contribution is -0.0645. The van der Waals surface area contributed by atoms with Crippen molar-refractivity contribution in [3.05, 3.63) is 29.8 Å². The number of hydrogen-bond donors (Lipinski definition) is 1. The van der Waals surface area contributed by atoms with Crippen molar-refractivity contribution in [3.8, 4) is 5.75 Å². The molecule has 1 fully saturated rings. The van der Waals surface area contributed by atoms with E-state index in [1.165, 1.54) is 31.2 Å². The zero-order valence-corrected chi connectivity index (χ0v) is 13.7. The average Bonchev–Trinajstić information content (AvgIpc) is 2.50. The monoisotopic (exact) mass is 287 g/mol. The second kappa shape index (κ2) is 6.00. The lowest BCUT2D eigenvalue weighted by Crippen LogP contribution is -2.52. The van der Waals surface area contributed by atoms with E-state index in [2.05, 4.69) is 50.4 Å². The zero-order valence-electron chi connectivity index (χ0n) is 13.7. The van der Waals surface area contributed by atoms with Gasteiger partial charge in [0.1, 0.15) is 11.4 Å². The van der Waals surface area contributed by atoms with Gasteiger partial charge in [0.05, 0.1) is 0 Å². The van der Waals surface area contributed by atoms with Gasteiger partial charge in [0.2, 0.25) is 0 Å². The van der Waals surface area contributed by atoms with Crippen LogP contribution in [0.1, 0.15) is 64.5 Å². The zero-order chi connectivity index (χ0) is 14.9. The molecule has 2 aliphatic rings. The van der Waals surface area contributed by atoms with E-state index in [1.54, 1.807) is 0 Å². The van der Waals surface area contributed by atoms with E-state index in [4.69, 9.17) is 4.74 Å². The van der Waals surface area contributed by atoms with E-state index in [0.29, 0.717) is 12.0 Å². The van der Waals surface area contributed by atoms with Crippen molar-refractivity contribution in [1.29, 1.82) is 0 Å². The number of hydrogen-bond acceptors (Lipinski definition) is 2. The van der Waals surface area contributed by atoms with Gasteiger partial charge < -0.3 is 10.1 Å². The van der Waals surface area contributed by atoms with Crippen LogP contribution in [-0.4, -0.2) is 12.1 Å². The van der Waals surface area contributed by atoms with Crippen LogP contribution in [0.3, 0.4) is 0 Å². The van der Waals surface area contributed by atoms with E-state index in [1.807, 2.05) is 0 Å².